The summed E-state index contributed by atoms with van der Waals surface area (Å²) in [6.07, 6.45) is 3.60. The molecule has 0 spiro atoms. The second kappa shape index (κ2) is 3.76. The molecule has 0 unspecified atom stereocenters. The first-order valence-electron chi connectivity index (χ1n) is 4.55. The van der Waals surface area contributed by atoms with Crippen molar-refractivity contribution in [1.29, 1.82) is 0 Å². The lowest BCUT2D eigenvalue weighted by Gasteiger charge is -2.17. The van der Waals surface area contributed by atoms with E-state index in [0.29, 0.717) is 5.54 Å². The van der Waals surface area contributed by atoms with Gasteiger partial charge in [-0.05, 0) is 26.2 Å². The van der Waals surface area contributed by atoms with E-state index in [-0.39, 0.29) is 0 Å². The second-order valence-corrected chi connectivity index (χ2v) is 3.23. The fraction of sp³-hybridized carbons (Fsp3) is 0.875. The molecule has 0 aromatic heterocycles. The molecule has 0 aromatic rings. The molecule has 4 nitrogen and oxygen atoms in total. The van der Waals surface area contributed by atoms with Crippen LogP contribution in [-0.2, 0) is 0 Å². The summed E-state index contributed by atoms with van der Waals surface area (Å²) in [5.74, 6) is 6.02. The van der Waals surface area contributed by atoms with Crippen LogP contribution in [-0.4, -0.2) is 18.0 Å². The zero-order valence-electron chi connectivity index (χ0n) is 7.85. The van der Waals surface area contributed by atoms with E-state index in [1.165, 1.54) is 12.8 Å². The van der Waals surface area contributed by atoms with Crippen LogP contribution in [0.2, 0.25) is 0 Å². The maximum atomic E-state index is 5.31. The number of nitrogens with one attached hydrogen (secondary N) is 2. The Morgan fingerprint density at radius 1 is 1.50 bits per heavy atom. The Bertz CT molecular complexity index is 172. The fourth-order valence-corrected chi connectivity index (χ4v) is 1.25. The lowest BCUT2D eigenvalue weighted by Crippen LogP contribution is -2.47. The van der Waals surface area contributed by atoms with E-state index in [1.807, 2.05) is 6.92 Å². The molecule has 70 valence electrons. The predicted octanol–water partition coefficient (Wildman–Crippen LogP) is 0.358. The highest BCUT2D eigenvalue weighted by atomic mass is 15.3. The Balaban J connectivity index is 2.42. The molecule has 0 radical (unpaired) electrons. The minimum atomic E-state index is 0.292. The predicted molar refractivity (Wildman–Crippen MR) is 50.7 cm³/mol. The van der Waals surface area contributed by atoms with Gasteiger partial charge in [-0.25, -0.2) is 5.84 Å². The first-order chi connectivity index (χ1) is 5.76. The molecule has 0 atom stereocenters. The molecule has 4 heteroatoms. The van der Waals surface area contributed by atoms with Gasteiger partial charge in [-0.3, -0.25) is 10.4 Å². The van der Waals surface area contributed by atoms with Crippen molar-refractivity contribution < 1.29 is 0 Å². The molecule has 0 saturated heterocycles. The molecule has 0 amide bonds. The molecular formula is C8H18N4. The van der Waals surface area contributed by atoms with E-state index in [2.05, 4.69) is 22.7 Å². The lowest BCUT2D eigenvalue weighted by atomic mass is 10.2. The largest absolute Gasteiger partial charge is 0.350 e. The highest BCUT2D eigenvalue weighted by Crippen LogP contribution is 2.38. The Morgan fingerprint density at radius 3 is 2.50 bits per heavy atom. The van der Waals surface area contributed by atoms with Crippen molar-refractivity contribution >= 4 is 5.96 Å². The number of rotatable bonds is 3. The number of guanidine groups is 1. The standard InChI is InChI=1S/C8H18N4/c1-3-8(5-6-8)11-7(12-9)10-4-2/h3-6,9H2,1-2H3,(H2,10,11,12). The first-order valence-corrected chi connectivity index (χ1v) is 4.55. The lowest BCUT2D eigenvalue weighted by molar-refractivity contribution is 0.567. The van der Waals surface area contributed by atoms with Crippen molar-refractivity contribution in [3.63, 3.8) is 0 Å². The zero-order valence-corrected chi connectivity index (χ0v) is 7.85. The van der Waals surface area contributed by atoms with Gasteiger partial charge in [0, 0.05) is 12.1 Å². The van der Waals surface area contributed by atoms with E-state index in [0.717, 1.165) is 18.9 Å². The van der Waals surface area contributed by atoms with Gasteiger partial charge in [-0.1, -0.05) is 6.92 Å². The number of nitrogens with two attached hydrogens (primary N) is 1. The van der Waals surface area contributed by atoms with E-state index < -0.39 is 0 Å². The Morgan fingerprint density at radius 2 is 2.17 bits per heavy atom. The van der Waals surface area contributed by atoms with Gasteiger partial charge in [0.25, 0.3) is 0 Å². The third-order valence-electron chi connectivity index (χ3n) is 2.37. The van der Waals surface area contributed by atoms with Crippen molar-refractivity contribution in [2.24, 2.45) is 10.8 Å². The Kier molecular flexibility index (Phi) is 2.92. The molecule has 0 heterocycles. The molecule has 1 fully saturated rings. The number of hydrogen-bond donors (Lipinski definition) is 3. The van der Waals surface area contributed by atoms with E-state index in [1.54, 1.807) is 0 Å². The fourth-order valence-electron chi connectivity index (χ4n) is 1.25. The van der Waals surface area contributed by atoms with Crippen LogP contribution in [0.4, 0.5) is 0 Å². The van der Waals surface area contributed by atoms with Crippen molar-refractivity contribution in [2.45, 2.75) is 38.6 Å². The number of aliphatic imine (C=N–C) groups is 1. The molecule has 0 bridgehead atoms. The van der Waals surface area contributed by atoms with Gasteiger partial charge in [-0.15, -0.1) is 0 Å². The number of nitrogens with zero attached hydrogens (tertiary/aromatic N) is 1. The molecular weight excluding hydrogens is 152 g/mol. The van der Waals surface area contributed by atoms with Crippen LogP contribution in [0.3, 0.4) is 0 Å². The molecule has 0 aromatic carbocycles. The van der Waals surface area contributed by atoms with Gasteiger partial charge in [-0.2, -0.15) is 0 Å². The van der Waals surface area contributed by atoms with Crippen LogP contribution in [0.5, 0.6) is 0 Å². The summed E-state index contributed by atoms with van der Waals surface area (Å²) in [5, 5.41) is 3.32. The average molecular weight is 170 g/mol. The molecule has 1 aliphatic carbocycles. The van der Waals surface area contributed by atoms with Crippen LogP contribution >= 0.6 is 0 Å². The Hall–Kier alpha value is -0.770. The van der Waals surface area contributed by atoms with Gasteiger partial charge in [0.15, 0.2) is 0 Å². The van der Waals surface area contributed by atoms with Crippen molar-refractivity contribution in [3.05, 3.63) is 0 Å². The summed E-state index contributed by atoms with van der Waals surface area (Å²) in [7, 11) is 0. The van der Waals surface area contributed by atoms with Crippen LogP contribution < -0.4 is 16.6 Å². The topological polar surface area (TPSA) is 62.4 Å². The normalized spacial score (nSPS) is 20.4. The van der Waals surface area contributed by atoms with Gasteiger partial charge < -0.3 is 5.32 Å². The molecule has 1 saturated carbocycles. The second-order valence-electron chi connectivity index (χ2n) is 3.23. The monoisotopic (exact) mass is 170 g/mol. The molecule has 4 N–H and O–H groups in total. The van der Waals surface area contributed by atoms with Crippen LogP contribution in [0.25, 0.3) is 0 Å². The summed E-state index contributed by atoms with van der Waals surface area (Å²) in [6, 6.07) is 0. The van der Waals surface area contributed by atoms with Crippen molar-refractivity contribution in [2.75, 3.05) is 6.54 Å². The molecule has 0 aliphatic heterocycles. The van der Waals surface area contributed by atoms with E-state index in [4.69, 9.17) is 5.84 Å². The third-order valence-corrected chi connectivity index (χ3v) is 2.37. The summed E-state index contributed by atoms with van der Waals surface area (Å²) in [4.78, 5) is 4.19. The zero-order chi connectivity index (χ0) is 9.03. The number of hydrogen-bond acceptors (Lipinski definition) is 2. The maximum absolute atomic E-state index is 5.31. The minimum absolute atomic E-state index is 0.292. The first kappa shape index (κ1) is 9.32. The highest BCUT2D eigenvalue weighted by Gasteiger charge is 2.41. The summed E-state index contributed by atoms with van der Waals surface area (Å²) in [6.45, 7) is 4.93. The Labute approximate surface area is 73.6 Å². The summed E-state index contributed by atoms with van der Waals surface area (Å²) < 4.78 is 0. The van der Waals surface area contributed by atoms with E-state index in [9.17, 15) is 0 Å². The SMILES string of the molecule is CCN=C(NN)NC1(CC)CC1. The number of hydrazine groups is 1. The van der Waals surface area contributed by atoms with Crippen LogP contribution in [0.15, 0.2) is 4.99 Å². The molecule has 12 heavy (non-hydrogen) atoms. The average Bonchev–Trinajstić information content (AvgIpc) is 2.85. The van der Waals surface area contributed by atoms with Crippen LogP contribution in [0.1, 0.15) is 33.1 Å². The summed E-state index contributed by atoms with van der Waals surface area (Å²) >= 11 is 0. The smallest absolute Gasteiger partial charge is 0.206 e. The summed E-state index contributed by atoms with van der Waals surface area (Å²) in [5.41, 5.74) is 2.86. The van der Waals surface area contributed by atoms with Crippen LogP contribution in [0, 0.1) is 0 Å². The van der Waals surface area contributed by atoms with Crippen molar-refractivity contribution in [3.8, 4) is 0 Å². The van der Waals surface area contributed by atoms with Crippen molar-refractivity contribution in [1.82, 2.24) is 10.7 Å². The highest BCUT2D eigenvalue weighted by molar-refractivity contribution is 5.80. The van der Waals surface area contributed by atoms with E-state index >= 15 is 0 Å². The maximum Gasteiger partial charge on any atom is 0.206 e. The van der Waals surface area contributed by atoms with Gasteiger partial charge in [0.2, 0.25) is 5.96 Å². The van der Waals surface area contributed by atoms with Gasteiger partial charge in [0.1, 0.15) is 0 Å². The molecule has 1 aliphatic rings. The minimum Gasteiger partial charge on any atom is -0.350 e. The molecule has 1 rings (SSSR count). The van der Waals surface area contributed by atoms with Gasteiger partial charge in [0.05, 0.1) is 0 Å². The third kappa shape index (κ3) is 2.11. The van der Waals surface area contributed by atoms with Gasteiger partial charge >= 0.3 is 0 Å². The quantitative estimate of drug-likeness (QED) is 0.248.